The number of carbonyl (C=O) groups is 2. The van der Waals surface area contributed by atoms with Gasteiger partial charge < -0.3 is 14.9 Å². The quantitative estimate of drug-likeness (QED) is 0.458. The van der Waals surface area contributed by atoms with Crippen molar-refractivity contribution in [3.05, 3.63) is 12.2 Å². The highest BCUT2D eigenvalue weighted by Gasteiger charge is 2.30. The van der Waals surface area contributed by atoms with Crippen molar-refractivity contribution in [1.29, 1.82) is 0 Å². The van der Waals surface area contributed by atoms with Gasteiger partial charge in [0, 0.05) is 5.57 Å². The van der Waals surface area contributed by atoms with Gasteiger partial charge >= 0.3 is 11.9 Å². The maximum atomic E-state index is 9.64. The average Bonchev–Trinajstić information content (AvgIpc) is 2.68. The molecule has 1 unspecified atom stereocenters. The second-order valence-corrected chi connectivity index (χ2v) is 2.25. The number of rotatable bonds is 2. The number of epoxide rings is 1. The van der Waals surface area contributed by atoms with Crippen LogP contribution >= 0.6 is 0 Å². The van der Waals surface area contributed by atoms with Crippen LogP contribution in [0.15, 0.2) is 12.2 Å². The molecule has 1 heterocycles. The molecule has 0 spiro atoms. The van der Waals surface area contributed by atoms with Gasteiger partial charge in [0.1, 0.15) is 0 Å². The Hall–Kier alpha value is -1.36. The normalized spacial score (nSPS) is 18.6. The maximum absolute atomic E-state index is 9.64. The highest BCUT2D eigenvalue weighted by atomic mass is 16.6. The van der Waals surface area contributed by atoms with E-state index >= 15 is 0 Å². The van der Waals surface area contributed by atoms with Gasteiger partial charge in [0.2, 0.25) is 0 Å². The highest BCUT2D eigenvalue weighted by molar-refractivity contribution is 5.84. The number of ether oxygens (including phenoxy) is 1. The lowest BCUT2D eigenvalue weighted by atomic mass is 10.4. The van der Waals surface area contributed by atoms with Crippen LogP contribution in [0.3, 0.4) is 0 Å². The van der Waals surface area contributed by atoms with E-state index in [-0.39, 0.29) is 5.57 Å². The molecule has 0 amide bonds. The van der Waals surface area contributed by atoms with Gasteiger partial charge in [-0.3, -0.25) is 0 Å². The molecule has 12 heavy (non-hydrogen) atoms. The monoisotopic (exact) mass is 174 g/mol. The molecule has 5 heteroatoms. The molecule has 1 aliphatic rings. The first kappa shape index (κ1) is 10.6. The Morgan fingerprint density at radius 1 is 1.50 bits per heavy atom. The predicted octanol–water partition coefficient (Wildman–Crippen LogP) is 0.117. The number of hydrogen-bond acceptors (Lipinski definition) is 3. The van der Waals surface area contributed by atoms with Gasteiger partial charge in [-0.1, -0.05) is 6.58 Å². The molecule has 0 bridgehead atoms. The summed E-state index contributed by atoms with van der Waals surface area (Å²) in [7, 11) is 0. The predicted molar refractivity (Wildman–Crippen MR) is 39.8 cm³/mol. The largest absolute Gasteiger partial charge is 0.479 e. The molecule has 0 radical (unpaired) electrons. The molecule has 0 aromatic carbocycles. The molecule has 5 nitrogen and oxygen atoms in total. The second kappa shape index (κ2) is 4.50. The molecule has 1 fully saturated rings. The molecular weight excluding hydrogens is 164 g/mol. The molecule has 1 rings (SSSR count). The molecular formula is C7H10O5. The summed E-state index contributed by atoms with van der Waals surface area (Å²) in [5.74, 6) is -1.79. The Kier molecular flexibility index (Phi) is 3.99. The van der Waals surface area contributed by atoms with Gasteiger partial charge in [-0.2, -0.15) is 0 Å². The molecule has 1 atom stereocenters. The van der Waals surface area contributed by atoms with Crippen LogP contribution in [0.1, 0.15) is 6.92 Å². The standard InChI is InChI=1S/C4H6O2.C3H4O3/c1-3(2)4(5)6;4-3(5)2-1-6-2/h1H2,2H3,(H,5,6);2H,1H2,(H,4,5). The Bertz CT molecular complexity index is 192. The molecule has 0 aliphatic carbocycles. The summed E-state index contributed by atoms with van der Waals surface area (Å²) >= 11 is 0. The third kappa shape index (κ3) is 5.43. The summed E-state index contributed by atoms with van der Waals surface area (Å²) in [5.41, 5.74) is 0.176. The van der Waals surface area contributed by atoms with Crippen LogP contribution in [-0.2, 0) is 14.3 Å². The van der Waals surface area contributed by atoms with Crippen LogP contribution < -0.4 is 0 Å². The van der Waals surface area contributed by atoms with E-state index < -0.39 is 18.0 Å². The fourth-order valence-electron chi connectivity index (χ4n) is 0.191. The Morgan fingerprint density at radius 3 is 1.83 bits per heavy atom. The fraction of sp³-hybridized carbons (Fsp3) is 0.429. The lowest BCUT2D eigenvalue weighted by molar-refractivity contribution is -0.138. The van der Waals surface area contributed by atoms with E-state index in [9.17, 15) is 9.59 Å². The van der Waals surface area contributed by atoms with Crippen LogP contribution in [0, 0.1) is 0 Å². The Labute approximate surface area is 69.3 Å². The van der Waals surface area contributed by atoms with Crippen molar-refractivity contribution in [2.45, 2.75) is 13.0 Å². The zero-order valence-corrected chi connectivity index (χ0v) is 6.61. The van der Waals surface area contributed by atoms with Gasteiger partial charge in [0.05, 0.1) is 6.61 Å². The van der Waals surface area contributed by atoms with Crippen LogP contribution in [-0.4, -0.2) is 34.9 Å². The average molecular weight is 174 g/mol. The van der Waals surface area contributed by atoms with Crippen LogP contribution in [0.2, 0.25) is 0 Å². The molecule has 0 aromatic heterocycles. The van der Waals surface area contributed by atoms with E-state index in [2.05, 4.69) is 11.3 Å². The van der Waals surface area contributed by atoms with Crippen molar-refractivity contribution in [1.82, 2.24) is 0 Å². The lowest BCUT2D eigenvalue weighted by Gasteiger charge is -1.79. The summed E-state index contributed by atoms with van der Waals surface area (Å²) in [6.07, 6.45) is -0.481. The minimum atomic E-state index is -0.935. The van der Waals surface area contributed by atoms with Gasteiger partial charge in [0.15, 0.2) is 6.10 Å². The van der Waals surface area contributed by atoms with E-state index in [4.69, 9.17) is 10.2 Å². The van der Waals surface area contributed by atoms with Gasteiger partial charge in [-0.25, -0.2) is 9.59 Å². The van der Waals surface area contributed by atoms with Gasteiger partial charge in [-0.15, -0.1) is 0 Å². The van der Waals surface area contributed by atoms with Crippen LogP contribution in [0.25, 0.3) is 0 Å². The number of hydrogen-bond donors (Lipinski definition) is 2. The zero-order chi connectivity index (χ0) is 9.72. The smallest absolute Gasteiger partial charge is 0.335 e. The summed E-state index contributed by atoms with van der Waals surface area (Å²) in [6, 6.07) is 0. The minimum absolute atomic E-state index is 0.176. The van der Waals surface area contributed by atoms with Crippen molar-refractivity contribution in [2.24, 2.45) is 0 Å². The fourth-order valence-corrected chi connectivity index (χ4v) is 0.191. The summed E-state index contributed by atoms with van der Waals surface area (Å²) in [5, 5.41) is 15.8. The Balaban J connectivity index is 0.000000202. The van der Waals surface area contributed by atoms with Gasteiger partial charge in [-0.05, 0) is 6.92 Å². The van der Waals surface area contributed by atoms with Crippen molar-refractivity contribution in [3.8, 4) is 0 Å². The van der Waals surface area contributed by atoms with Crippen molar-refractivity contribution < 1.29 is 24.5 Å². The first-order valence-corrected chi connectivity index (χ1v) is 3.18. The molecule has 1 aliphatic heterocycles. The van der Waals surface area contributed by atoms with Crippen LogP contribution in [0.5, 0.6) is 0 Å². The number of carboxylic acid groups (broad SMARTS) is 2. The van der Waals surface area contributed by atoms with E-state index in [1.807, 2.05) is 0 Å². The molecule has 0 aromatic rings. The zero-order valence-electron chi connectivity index (χ0n) is 6.61. The first-order valence-electron chi connectivity index (χ1n) is 3.18. The number of aliphatic carboxylic acids is 2. The molecule has 1 saturated heterocycles. The summed E-state index contributed by atoms with van der Waals surface area (Å²) in [6.45, 7) is 5.00. The van der Waals surface area contributed by atoms with Crippen molar-refractivity contribution >= 4 is 11.9 Å². The minimum Gasteiger partial charge on any atom is -0.479 e. The van der Waals surface area contributed by atoms with Crippen LogP contribution in [0.4, 0.5) is 0 Å². The number of carboxylic acids is 2. The van der Waals surface area contributed by atoms with E-state index in [1.165, 1.54) is 6.92 Å². The van der Waals surface area contributed by atoms with Gasteiger partial charge in [0.25, 0.3) is 0 Å². The van der Waals surface area contributed by atoms with E-state index in [0.717, 1.165) is 0 Å². The maximum Gasteiger partial charge on any atom is 0.335 e. The third-order valence-corrected chi connectivity index (χ3v) is 0.974. The Morgan fingerprint density at radius 2 is 1.83 bits per heavy atom. The SMILES string of the molecule is C=C(C)C(=O)O.O=C(O)C1CO1. The summed E-state index contributed by atoms with van der Waals surface area (Å²) < 4.78 is 4.37. The van der Waals surface area contributed by atoms with Crippen molar-refractivity contribution in [2.75, 3.05) is 6.61 Å². The molecule has 68 valence electrons. The summed E-state index contributed by atoms with van der Waals surface area (Å²) in [4.78, 5) is 19.2. The lowest BCUT2D eigenvalue weighted by Crippen LogP contribution is -2.02. The van der Waals surface area contributed by atoms with Crippen molar-refractivity contribution in [3.63, 3.8) is 0 Å². The molecule has 0 saturated carbocycles. The van der Waals surface area contributed by atoms with E-state index in [0.29, 0.717) is 6.61 Å². The van der Waals surface area contributed by atoms with E-state index in [1.54, 1.807) is 0 Å². The first-order chi connectivity index (χ1) is 5.45. The second-order valence-electron chi connectivity index (χ2n) is 2.25. The highest BCUT2D eigenvalue weighted by Crippen LogP contribution is 2.06. The third-order valence-electron chi connectivity index (χ3n) is 0.974. The topological polar surface area (TPSA) is 87.1 Å². The molecule has 2 N–H and O–H groups in total.